The molecule has 0 aliphatic heterocycles. The topological polar surface area (TPSA) is 111 Å². The van der Waals surface area contributed by atoms with E-state index < -0.39 is 20.0 Å². The number of phosphoric ester groups is 1. The fourth-order valence-corrected chi connectivity index (χ4v) is 9.84. The van der Waals surface area contributed by atoms with Crippen LogP contribution in [-0.2, 0) is 27.9 Å². The number of allylic oxidation sites excluding steroid dienone is 21. The van der Waals surface area contributed by atoms with Crippen LogP contribution >= 0.6 is 7.82 Å². The number of quaternary nitrogens is 1. The van der Waals surface area contributed by atoms with Crippen molar-refractivity contribution in [1.82, 2.24) is 5.32 Å². The summed E-state index contributed by atoms with van der Waals surface area (Å²) < 4.78 is 30.8. The van der Waals surface area contributed by atoms with E-state index in [1.54, 1.807) is 0 Å². The molecular formula is C74H128N2O7P+. The highest BCUT2D eigenvalue weighted by Crippen LogP contribution is 2.43. The van der Waals surface area contributed by atoms with Crippen molar-refractivity contribution in [3.63, 3.8) is 0 Å². The Morgan fingerprint density at radius 3 is 1.17 bits per heavy atom. The number of rotatable bonds is 60. The first kappa shape index (κ1) is 80.2. The molecule has 3 atom stereocenters. The van der Waals surface area contributed by atoms with Crippen molar-refractivity contribution in [3.8, 4) is 0 Å². The number of phosphoric acid groups is 1. The quantitative estimate of drug-likeness (QED) is 0.0205. The van der Waals surface area contributed by atoms with Crippen molar-refractivity contribution in [1.29, 1.82) is 0 Å². The van der Waals surface area contributed by atoms with Gasteiger partial charge in [-0.05, 0) is 128 Å². The fraction of sp³-hybridized carbons (Fsp3) is 0.676. The molecule has 0 aromatic carbocycles. The second kappa shape index (κ2) is 62.2. The monoisotopic (exact) mass is 1190 g/mol. The van der Waals surface area contributed by atoms with Gasteiger partial charge in [0.05, 0.1) is 33.8 Å². The maximum atomic E-state index is 13.6. The molecule has 0 aromatic rings. The highest BCUT2D eigenvalue weighted by molar-refractivity contribution is 7.47. The lowest BCUT2D eigenvalue weighted by atomic mass is 10.0. The zero-order valence-electron chi connectivity index (χ0n) is 54.8. The van der Waals surface area contributed by atoms with E-state index in [4.69, 9.17) is 13.8 Å². The number of hydrogen-bond acceptors (Lipinski definition) is 6. The molecule has 0 aromatic heterocycles. The van der Waals surface area contributed by atoms with E-state index >= 15 is 0 Å². The number of carbonyl (C=O) groups is 2. The summed E-state index contributed by atoms with van der Waals surface area (Å²) in [7, 11) is 1.46. The van der Waals surface area contributed by atoms with Crippen molar-refractivity contribution in [2.24, 2.45) is 0 Å². The zero-order valence-corrected chi connectivity index (χ0v) is 55.7. The number of nitrogens with zero attached hydrogens (tertiary/aromatic N) is 1. The van der Waals surface area contributed by atoms with Gasteiger partial charge in [0.25, 0.3) is 0 Å². The molecule has 10 heteroatoms. The van der Waals surface area contributed by atoms with Gasteiger partial charge in [-0.3, -0.25) is 18.6 Å². The molecule has 0 radical (unpaired) electrons. The van der Waals surface area contributed by atoms with Crippen LogP contribution < -0.4 is 5.32 Å². The lowest BCUT2D eigenvalue weighted by Crippen LogP contribution is -2.47. The summed E-state index contributed by atoms with van der Waals surface area (Å²) >= 11 is 0. The molecule has 0 bridgehead atoms. The average Bonchev–Trinajstić information content (AvgIpc) is 3.64. The van der Waals surface area contributed by atoms with Gasteiger partial charge < -0.3 is 19.4 Å². The number of unbranched alkanes of at least 4 members (excludes halogenated alkanes) is 24. The molecule has 0 saturated heterocycles. The van der Waals surface area contributed by atoms with Gasteiger partial charge in [0.15, 0.2) is 0 Å². The largest absolute Gasteiger partial charge is 0.472 e. The number of ether oxygens (including phenoxy) is 1. The van der Waals surface area contributed by atoms with Crippen molar-refractivity contribution in [2.75, 3.05) is 40.9 Å². The van der Waals surface area contributed by atoms with Crippen LogP contribution in [0.4, 0.5) is 0 Å². The number of nitrogens with one attached hydrogen (secondary N) is 1. The third-order valence-corrected chi connectivity index (χ3v) is 15.3. The van der Waals surface area contributed by atoms with Crippen LogP contribution in [0.5, 0.6) is 0 Å². The summed E-state index contributed by atoms with van der Waals surface area (Å²) in [4.78, 5) is 37.9. The van der Waals surface area contributed by atoms with Crippen molar-refractivity contribution >= 4 is 19.7 Å². The van der Waals surface area contributed by atoms with Gasteiger partial charge in [-0.1, -0.05) is 264 Å². The number of hydrogen-bond donors (Lipinski definition) is 2. The van der Waals surface area contributed by atoms with Crippen LogP contribution in [0.25, 0.3) is 0 Å². The van der Waals surface area contributed by atoms with Gasteiger partial charge in [-0.15, -0.1) is 0 Å². The molecule has 0 saturated carbocycles. The second-order valence-corrected chi connectivity index (χ2v) is 25.1. The Kier molecular flexibility index (Phi) is 59.4. The van der Waals surface area contributed by atoms with E-state index in [0.717, 1.165) is 154 Å². The van der Waals surface area contributed by atoms with Crippen LogP contribution in [0.15, 0.2) is 134 Å². The lowest BCUT2D eigenvalue weighted by molar-refractivity contribution is -0.870. The summed E-state index contributed by atoms with van der Waals surface area (Å²) in [5.74, 6) is -0.550. The maximum absolute atomic E-state index is 13.6. The van der Waals surface area contributed by atoms with Crippen LogP contribution in [-0.4, -0.2) is 74.3 Å². The summed E-state index contributed by atoms with van der Waals surface area (Å²) in [6, 6.07) is -0.875. The third kappa shape index (κ3) is 62.7. The van der Waals surface area contributed by atoms with E-state index in [-0.39, 0.29) is 31.5 Å². The zero-order chi connectivity index (χ0) is 61.4. The summed E-state index contributed by atoms with van der Waals surface area (Å²) in [5, 5.41) is 3.05. The fourth-order valence-electron chi connectivity index (χ4n) is 9.10. The second-order valence-electron chi connectivity index (χ2n) is 23.6. The number of likely N-dealkylation sites (N-methyl/N-ethyl adjacent to an activating group) is 1. The molecule has 0 aliphatic rings. The van der Waals surface area contributed by atoms with Crippen molar-refractivity contribution < 1.29 is 37.3 Å². The molecule has 0 spiro atoms. The molecule has 3 unspecified atom stereocenters. The van der Waals surface area contributed by atoms with Gasteiger partial charge in [0, 0.05) is 12.8 Å². The Labute approximate surface area is 517 Å². The predicted octanol–water partition coefficient (Wildman–Crippen LogP) is 21.6. The predicted molar refractivity (Wildman–Crippen MR) is 364 cm³/mol. The molecule has 0 aliphatic carbocycles. The molecule has 84 heavy (non-hydrogen) atoms. The number of carbonyl (C=O) groups excluding carboxylic acids is 2. The van der Waals surface area contributed by atoms with E-state index in [1.165, 1.54) is 77.0 Å². The van der Waals surface area contributed by atoms with Crippen molar-refractivity contribution in [3.05, 3.63) is 134 Å². The standard InChI is InChI=1S/C74H127N2O7P/c1-7-10-13-16-19-22-25-28-30-32-34-36-37-38-39-41-42-44-46-48-51-54-57-60-63-66-73(77)75-71(70-82-84(79,80)81-69-68-76(4,5)6)72(65-62-59-56-53-50-27-24-21-18-15-12-9-3)83-74(78)67-64-61-58-55-52-49-47-45-43-40-35-33-31-29-26-23-20-17-14-11-8-2/h10,13,19-20,22-23,28-31,34-36,38-40,42,44-45,47,62,65,71-72H,7-9,11-12,14-18,21,24-27,32-33,37,41,43,46,48-61,63-64,66-70H2,1-6H3,(H-,75,77,79,80)/p+1/b13-10-,22-19-,23-20-,30-28-,31-29-,36-34-,39-38-,40-35-,44-42-,47-45-,65-62-. The van der Waals surface area contributed by atoms with Gasteiger partial charge in [-0.25, -0.2) is 4.57 Å². The first-order valence-corrected chi connectivity index (χ1v) is 35.5. The third-order valence-electron chi connectivity index (χ3n) is 14.3. The summed E-state index contributed by atoms with van der Waals surface area (Å²) in [6.07, 6.45) is 88.8. The summed E-state index contributed by atoms with van der Waals surface area (Å²) in [6.45, 7) is 6.84. The Morgan fingerprint density at radius 2 is 0.762 bits per heavy atom. The molecular weight excluding hydrogens is 1060 g/mol. The minimum Gasteiger partial charge on any atom is -0.456 e. The molecule has 1 amide bonds. The van der Waals surface area contributed by atoms with Crippen molar-refractivity contribution in [2.45, 2.75) is 283 Å². The molecule has 9 nitrogen and oxygen atoms in total. The van der Waals surface area contributed by atoms with Gasteiger partial charge in [-0.2, -0.15) is 0 Å². The smallest absolute Gasteiger partial charge is 0.456 e. The normalized spacial score (nSPS) is 14.4. The highest BCUT2D eigenvalue weighted by Gasteiger charge is 2.30. The van der Waals surface area contributed by atoms with Crippen LogP contribution in [0, 0.1) is 0 Å². The molecule has 480 valence electrons. The Balaban J connectivity index is 5.23. The average molecular weight is 1190 g/mol. The van der Waals surface area contributed by atoms with Gasteiger partial charge >= 0.3 is 13.8 Å². The number of esters is 1. The Bertz CT molecular complexity index is 1900. The number of amides is 1. The highest BCUT2D eigenvalue weighted by atomic mass is 31.2. The maximum Gasteiger partial charge on any atom is 0.472 e. The lowest BCUT2D eigenvalue weighted by Gasteiger charge is -2.27. The first-order chi connectivity index (χ1) is 40.9. The summed E-state index contributed by atoms with van der Waals surface area (Å²) in [5.41, 5.74) is 0. The molecule has 0 fully saturated rings. The van der Waals surface area contributed by atoms with E-state index in [0.29, 0.717) is 23.9 Å². The Hall–Kier alpha value is -3.85. The molecule has 0 heterocycles. The van der Waals surface area contributed by atoms with Gasteiger partial charge in [0.1, 0.15) is 19.3 Å². The Morgan fingerprint density at radius 1 is 0.429 bits per heavy atom. The van der Waals surface area contributed by atoms with E-state index in [2.05, 4.69) is 148 Å². The van der Waals surface area contributed by atoms with Crippen LogP contribution in [0.1, 0.15) is 271 Å². The van der Waals surface area contributed by atoms with Gasteiger partial charge in [0.2, 0.25) is 5.91 Å². The minimum absolute atomic E-state index is 0.0263. The minimum atomic E-state index is -4.47. The molecule has 2 N–H and O–H groups in total. The first-order valence-electron chi connectivity index (χ1n) is 34.0. The van der Waals surface area contributed by atoms with Crippen LogP contribution in [0.2, 0.25) is 0 Å². The van der Waals surface area contributed by atoms with Crippen LogP contribution in [0.3, 0.4) is 0 Å². The SMILES string of the molecule is CC/C=C\C/C=C\C/C=C\C/C=C\C/C=C\C/C=C\CCCCCCCCC(=O)NC(COP(=O)(O)OCC[N+](C)(C)C)C(/C=C\CCCCCCCCCCCC)OC(=O)CCCCCCC/C=C\C/C=C\C/C=C\C/C=C\CCCCC. The molecule has 0 rings (SSSR count). The van der Waals surface area contributed by atoms with E-state index in [9.17, 15) is 19.0 Å². The van der Waals surface area contributed by atoms with E-state index in [1.807, 2.05) is 33.3 Å².